The van der Waals surface area contributed by atoms with Crippen LogP contribution in [0, 0.1) is 6.92 Å². The second-order valence-electron chi connectivity index (χ2n) is 6.68. The molecule has 124 valence electrons. The van der Waals surface area contributed by atoms with Gasteiger partial charge in [0.15, 0.2) is 0 Å². The molecule has 0 N–H and O–H groups in total. The van der Waals surface area contributed by atoms with Gasteiger partial charge in [-0.2, -0.15) is 9.78 Å². The molecule has 0 aliphatic rings. The Balaban J connectivity index is 2.27. The van der Waals surface area contributed by atoms with Gasteiger partial charge < -0.3 is 4.42 Å². The Bertz CT molecular complexity index is 994. The average Bonchev–Trinajstić information content (AvgIpc) is 2.91. The van der Waals surface area contributed by atoms with Crippen LogP contribution in [0.1, 0.15) is 37.9 Å². The Labute approximate surface area is 148 Å². The van der Waals surface area contributed by atoms with Gasteiger partial charge in [-0.1, -0.05) is 36.7 Å². The number of rotatable bonds is 2. The molecule has 0 saturated heterocycles. The highest BCUT2D eigenvalue weighted by molar-refractivity contribution is 9.10. The monoisotopic (exact) mass is 387 g/mol. The molecular weight excluding hydrogens is 370 g/mol. The summed E-state index contributed by atoms with van der Waals surface area (Å²) in [4.78, 5) is 17.6. The highest BCUT2D eigenvalue weighted by atomic mass is 79.9. The van der Waals surface area contributed by atoms with E-state index in [0.717, 1.165) is 10.0 Å². The van der Waals surface area contributed by atoms with E-state index >= 15 is 0 Å². The summed E-state index contributed by atoms with van der Waals surface area (Å²) < 4.78 is 7.55. The van der Waals surface area contributed by atoms with Crippen LogP contribution in [-0.2, 0) is 5.41 Å². The first-order valence-corrected chi connectivity index (χ1v) is 8.38. The number of aromatic nitrogens is 2. The molecule has 0 amide bonds. The molecule has 0 unspecified atom stereocenters. The van der Waals surface area contributed by atoms with Crippen molar-refractivity contribution >= 4 is 33.0 Å². The van der Waals surface area contributed by atoms with Crippen LogP contribution in [0.3, 0.4) is 0 Å². The summed E-state index contributed by atoms with van der Waals surface area (Å²) in [6, 6.07) is 7.33. The van der Waals surface area contributed by atoms with Crippen molar-refractivity contribution in [2.24, 2.45) is 5.10 Å². The van der Waals surface area contributed by atoms with Gasteiger partial charge in [-0.15, -0.1) is 0 Å². The molecule has 2 aromatic heterocycles. The Kier molecular flexibility index (Phi) is 4.17. The molecule has 0 bridgehead atoms. The molecule has 0 radical (unpaired) electrons. The molecule has 0 aliphatic carbocycles. The van der Waals surface area contributed by atoms with E-state index in [9.17, 15) is 4.79 Å². The van der Waals surface area contributed by atoms with Crippen molar-refractivity contribution in [1.82, 2.24) is 9.66 Å². The zero-order chi connectivity index (χ0) is 17.5. The molecule has 24 heavy (non-hydrogen) atoms. The third kappa shape index (κ3) is 3.06. The lowest BCUT2D eigenvalue weighted by molar-refractivity contribution is 0.505. The Hall–Kier alpha value is -2.21. The summed E-state index contributed by atoms with van der Waals surface area (Å²) in [5.74, 6) is 1.22. The van der Waals surface area contributed by atoms with E-state index in [0.29, 0.717) is 22.5 Å². The van der Waals surface area contributed by atoms with Crippen molar-refractivity contribution < 1.29 is 4.42 Å². The first-order valence-electron chi connectivity index (χ1n) is 7.58. The zero-order valence-electron chi connectivity index (χ0n) is 14.0. The standard InChI is InChI=1S/C18H18BrN3O2/c1-11-7-8-24-15(11)10-20-22-16(23)13-9-12(19)5-6-14(13)21-17(22)18(2,3)4/h5-10H,1-4H3. The normalized spacial score (nSPS) is 12.4. The number of fused-ring (bicyclic) bond motifs is 1. The lowest BCUT2D eigenvalue weighted by atomic mass is 9.95. The highest BCUT2D eigenvalue weighted by Gasteiger charge is 2.22. The molecule has 0 spiro atoms. The van der Waals surface area contributed by atoms with Crippen LogP contribution in [0.15, 0.2) is 49.3 Å². The van der Waals surface area contributed by atoms with Crippen LogP contribution in [0.25, 0.3) is 10.9 Å². The number of hydrogen-bond acceptors (Lipinski definition) is 4. The van der Waals surface area contributed by atoms with E-state index < -0.39 is 0 Å². The Morgan fingerprint density at radius 3 is 2.67 bits per heavy atom. The van der Waals surface area contributed by atoms with Gasteiger partial charge in [0.2, 0.25) is 0 Å². The zero-order valence-corrected chi connectivity index (χ0v) is 15.6. The molecule has 6 heteroatoms. The van der Waals surface area contributed by atoms with Gasteiger partial charge in [0.05, 0.1) is 23.4 Å². The van der Waals surface area contributed by atoms with E-state index in [-0.39, 0.29) is 11.0 Å². The Morgan fingerprint density at radius 1 is 1.29 bits per heavy atom. The number of halogens is 1. The molecule has 0 atom stereocenters. The maximum absolute atomic E-state index is 13.0. The average molecular weight is 388 g/mol. The first-order chi connectivity index (χ1) is 11.3. The largest absolute Gasteiger partial charge is 0.463 e. The first kappa shape index (κ1) is 16.6. The predicted molar refractivity (Wildman–Crippen MR) is 98.8 cm³/mol. The second-order valence-corrected chi connectivity index (χ2v) is 7.59. The third-order valence-electron chi connectivity index (χ3n) is 3.67. The molecule has 0 aliphatic heterocycles. The van der Waals surface area contributed by atoms with Crippen molar-refractivity contribution in [2.45, 2.75) is 33.1 Å². The highest BCUT2D eigenvalue weighted by Crippen LogP contribution is 2.23. The fourth-order valence-electron chi connectivity index (χ4n) is 2.37. The lowest BCUT2D eigenvalue weighted by Crippen LogP contribution is -2.29. The van der Waals surface area contributed by atoms with Gasteiger partial charge in [-0.05, 0) is 36.8 Å². The molecule has 5 nitrogen and oxygen atoms in total. The molecule has 1 aromatic carbocycles. The van der Waals surface area contributed by atoms with Crippen LogP contribution in [0.4, 0.5) is 0 Å². The van der Waals surface area contributed by atoms with Crippen LogP contribution in [0.5, 0.6) is 0 Å². The van der Waals surface area contributed by atoms with Gasteiger partial charge in [0.1, 0.15) is 11.6 Å². The third-order valence-corrected chi connectivity index (χ3v) is 4.16. The molecule has 0 fully saturated rings. The van der Waals surface area contributed by atoms with Gasteiger partial charge in [-0.25, -0.2) is 4.98 Å². The molecule has 0 saturated carbocycles. The summed E-state index contributed by atoms with van der Waals surface area (Å²) in [5.41, 5.74) is 1.08. The maximum atomic E-state index is 13.0. The van der Waals surface area contributed by atoms with Crippen molar-refractivity contribution in [3.63, 3.8) is 0 Å². The number of nitrogens with zero attached hydrogens (tertiary/aromatic N) is 3. The number of furan rings is 1. The maximum Gasteiger partial charge on any atom is 0.282 e. The SMILES string of the molecule is Cc1ccoc1C=Nn1c(C(C)(C)C)nc2ccc(Br)cc2c1=O. The Morgan fingerprint density at radius 2 is 2.04 bits per heavy atom. The topological polar surface area (TPSA) is 60.4 Å². The van der Waals surface area contributed by atoms with Gasteiger partial charge in [-0.3, -0.25) is 4.79 Å². The minimum absolute atomic E-state index is 0.202. The molecule has 3 rings (SSSR count). The van der Waals surface area contributed by atoms with Gasteiger partial charge in [0.25, 0.3) is 5.56 Å². The summed E-state index contributed by atoms with van der Waals surface area (Å²) in [7, 11) is 0. The van der Waals surface area contributed by atoms with Crippen molar-refractivity contribution in [1.29, 1.82) is 0 Å². The molecular formula is C18H18BrN3O2. The summed E-state index contributed by atoms with van der Waals surface area (Å²) in [6.45, 7) is 7.94. The van der Waals surface area contributed by atoms with Crippen molar-refractivity contribution in [3.8, 4) is 0 Å². The minimum Gasteiger partial charge on any atom is -0.463 e. The van der Waals surface area contributed by atoms with E-state index in [4.69, 9.17) is 4.42 Å². The molecule has 3 aromatic rings. The minimum atomic E-state index is -0.337. The van der Waals surface area contributed by atoms with Gasteiger partial charge >= 0.3 is 0 Å². The number of aryl methyl sites for hydroxylation is 1. The van der Waals surface area contributed by atoms with Crippen LogP contribution in [0.2, 0.25) is 0 Å². The lowest BCUT2D eigenvalue weighted by Gasteiger charge is -2.20. The van der Waals surface area contributed by atoms with Crippen molar-refractivity contribution in [3.05, 3.63) is 62.5 Å². The van der Waals surface area contributed by atoms with E-state index in [1.54, 1.807) is 18.5 Å². The fraction of sp³-hybridized carbons (Fsp3) is 0.278. The number of hydrogen-bond donors (Lipinski definition) is 0. The summed E-state index contributed by atoms with van der Waals surface area (Å²) in [6.07, 6.45) is 3.15. The second kappa shape index (κ2) is 6.02. The quantitative estimate of drug-likeness (QED) is 0.617. The smallest absolute Gasteiger partial charge is 0.282 e. The van der Waals surface area contributed by atoms with Crippen molar-refractivity contribution in [2.75, 3.05) is 0 Å². The fourth-order valence-corrected chi connectivity index (χ4v) is 2.73. The van der Waals surface area contributed by atoms with E-state index in [1.807, 2.05) is 45.9 Å². The van der Waals surface area contributed by atoms with Crippen LogP contribution in [-0.4, -0.2) is 15.9 Å². The van der Waals surface area contributed by atoms with Gasteiger partial charge in [0, 0.05) is 9.89 Å². The molecule has 2 heterocycles. The number of benzene rings is 1. The van der Waals surface area contributed by atoms with Crippen LogP contribution < -0.4 is 5.56 Å². The van der Waals surface area contributed by atoms with E-state index in [1.165, 1.54) is 4.68 Å². The summed E-state index contributed by atoms with van der Waals surface area (Å²) in [5, 5.41) is 4.88. The van der Waals surface area contributed by atoms with E-state index in [2.05, 4.69) is 26.0 Å². The van der Waals surface area contributed by atoms with Crippen LogP contribution >= 0.6 is 15.9 Å². The predicted octanol–water partition coefficient (Wildman–Crippen LogP) is 4.24. The summed E-state index contributed by atoms with van der Waals surface area (Å²) >= 11 is 3.40.